The first-order valence-corrected chi connectivity index (χ1v) is 10.3. The van der Waals surface area contributed by atoms with Crippen molar-refractivity contribution in [2.24, 2.45) is 0 Å². The first-order chi connectivity index (χ1) is 13.1. The van der Waals surface area contributed by atoms with E-state index in [1.54, 1.807) is 0 Å². The summed E-state index contributed by atoms with van der Waals surface area (Å²) >= 11 is 6.13. The summed E-state index contributed by atoms with van der Waals surface area (Å²) in [5, 5.41) is 0.819. The molecule has 0 bridgehead atoms. The van der Waals surface area contributed by atoms with Crippen LogP contribution >= 0.6 is 11.6 Å². The molecule has 0 nitrogen and oxygen atoms in total. The van der Waals surface area contributed by atoms with Crippen molar-refractivity contribution >= 4 is 48.1 Å². The second-order valence-corrected chi connectivity index (χ2v) is 8.61. The van der Waals surface area contributed by atoms with Gasteiger partial charge in [0.15, 0.2) is 20.1 Å². The maximum atomic E-state index is 6.13. The molecule has 0 spiro atoms. The zero-order chi connectivity index (χ0) is 18.8. The molecule has 0 unspecified atom stereocenters. The Hall–Kier alpha value is -1.86. The van der Waals surface area contributed by atoms with Crippen molar-refractivity contribution in [3.8, 4) is 0 Å². The van der Waals surface area contributed by atoms with Crippen molar-refractivity contribution in [3.63, 3.8) is 0 Å². The summed E-state index contributed by atoms with van der Waals surface area (Å²) in [5.41, 5.74) is 7.05. The van der Waals surface area contributed by atoms with Crippen LogP contribution in [0, 0.1) is 13.8 Å². The molecule has 0 N–H and O–H groups in total. The summed E-state index contributed by atoms with van der Waals surface area (Å²) < 4.78 is 0. The fourth-order valence-corrected chi connectivity index (χ4v) is 4.67. The van der Waals surface area contributed by atoms with Crippen molar-refractivity contribution in [2.75, 3.05) is 0 Å². The van der Waals surface area contributed by atoms with Gasteiger partial charge in [-0.3, -0.25) is 0 Å². The standard InChI is InChI=1S/C23H24B3Cl/c1-18-3-7-20(8-4-18)24-15-25(21-9-5-19(2)6-10-21)17-26(16-24)22-11-13-23(27)14-12-22/h3-14H,15-17H2,1-2H3. The number of hydrogen-bond acceptors (Lipinski definition) is 0. The molecule has 0 saturated carbocycles. The molecule has 0 amide bonds. The molecule has 1 fully saturated rings. The third-order valence-corrected chi connectivity index (χ3v) is 6.40. The van der Waals surface area contributed by atoms with Gasteiger partial charge in [-0.1, -0.05) is 118 Å². The third kappa shape index (κ3) is 4.35. The average molecular weight is 368 g/mol. The van der Waals surface area contributed by atoms with E-state index in [1.807, 2.05) is 12.1 Å². The summed E-state index contributed by atoms with van der Waals surface area (Å²) in [4.78, 5) is 0. The lowest BCUT2D eigenvalue weighted by atomic mass is 9.05. The second kappa shape index (κ2) is 8.03. The van der Waals surface area contributed by atoms with E-state index in [4.69, 9.17) is 11.6 Å². The van der Waals surface area contributed by atoms with Gasteiger partial charge in [0.1, 0.15) is 0 Å². The molecule has 132 valence electrons. The predicted octanol–water partition coefficient (Wildman–Crippen LogP) is 4.09. The minimum absolute atomic E-state index is 0.577. The van der Waals surface area contributed by atoms with Crippen LogP contribution in [0.15, 0.2) is 72.8 Å². The smallest absolute Gasteiger partial charge is 0.0871 e. The summed E-state index contributed by atoms with van der Waals surface area (Å²) in [7, 11) is 0. The van der Waals surface area contributed by atoms with Crippen molar-refractivity contribution in [1.82, 2.24) is 0 Å². The third-order valence-electron chi connectivity index (χ3n) is 6.15. The summed E-state index contributed by atoms with van der Waals surface area (Å²) in [6.45, 7) is 6.11. The highest BCUT2D eigenvalue weighted by Gasteiger charge is 2.37. The molecule has 0 aromatic heterocycles. The topological polar surface area (TPSA) is 0 Å². The zero-order valence-corrected chi connectivity index (χ0v) is 16.9. The molecule has 1 aliphatic rings. The van der Waals surface area contributed by atoms with Crippen LogP contribution in [-0.2, 0) is 0 Å². The molecule has 4 rings (SSSR count). The first-order valence-electron chi connectivity index (χ1n) is 9.97. The van der Waals surface area contributed by atoms with Gasteiger partial charge < -0.3 is 0 Å². The van der Waals surface area contributed by atoms with Crippen molar-refractivity contribution in [2.45, 2.75) is 32.5 Å². The van der Waals surface area contributed by atoms with Crippen LogP contribution < -0.4 is 16.4 Å². The van der Waals surface area contributed by atoms with Crippen LogP contribution in [0.4, 0.5) is 0 Å². The Morgan fingerprint density at radius 1 is 0.519 bits per heavy atom. The number of benzene rings is 3. The van der Waals surface area contributed by atoms with E-state index in [0.29, 0.717) is 20.1 Å². The van der Waals surface area contributed by atoms with E-state index in [9.17, 15) is 0 Å². The fraction of sp³-hybridized carbons (Fsp3) is 0.217. The van der Waals surface area contributed by atoms with Gasteiger partial charge >= 0.3 is 0 Å². The number of rotatable bonds is 3. The Kier molecular flexibility index (Phi) is 5.50. The molecule has 1 aliphatic heterocycles. The number of halogens is 1. The van der Waals surface area contributed by atoms with E-state index < -0.39 is 0 Å². The Labute approximate surface area is 169 Å². The number of hydrogen-bond donors (Lipinski definition) is 0. The minimum atomic E-state index is 0.577. The SMILES string of the molecule is Cc1ccc(B2CB(c3ccc(C)cc3)CB(c3ccc(Cl)cc3)C2)cc1. The molecule has 0 aliphatic carbocycles. The molecule has 0 radical (unpaired) electrons. The van der Waals surface area contributed by atoms with Gasteiger partial charge in [-0.25, -0.2) is 0 Å². The van der Waals surface area contributed by atoms with Crippen LogP contribution in [0.3, 0.4) is 0 Å². The van der Waals surface area contributed by atoms with Gasteiger partial charge in [0, 0.05) is 5.02 Å². The van der Waals surface area contributed by atoms with Gasteiger partial charge in [0.05, 0.1) is 0 Å². The molecular formula is C23H24B3Cl. The highest BCUT2D eigenvalue weighted by molar-refractivity contribution is 7.06. The largest absolute Gasteiger partial charge is 0.162 e. The summed E-state index contributed by atoms with van der Waals surface area (Å²) in [6, 6.07) is 26.8. The van der Waals surface area contributed by atoms with Crippen LogP contribution in [0.25, 0.3) is 0 Å². The Balaban J connectivity index is 1.66. The van der Waals surface area contributed by atoms with E-state index in [-0.39, 0.29) is 0 Å². The van der Waals surface area contributed by atoms with E-state index in [1.165, 1.54) is 46.2 Å². The lowest BCUT2D eigenvalue weighted by Crippen LogP contribution is -2.53. The molecule has 1 heterocycles. The lowest BCUT2D eigenvalue weighted by Gasteiger charge is -2.31. The number of aryl methyl sites for hydroxylation is 2. The molecular weight excluding hydrogens is 344 g/mol. The molecule has 27 heavy (non-hydrogen) atoms. The zero-order valence-electron chi connectivity index (χ0n) is 16.2. The maximum Gasteiger partial charge on any atom is 0.162 e. The van der Waals surface area contributed by atoms with Crippen molar-refractivity contribution in [3.05, 3.63) is 88.9 Å². The van der Waals surface area contributed by atoms with Gasteiger partial charge in [-0.15, -0.1) is 0 Å². The van der Waals surface area contributed by atoms with Gasteiger partial charge in [0.25, 0.3) is 0 Å². The summed E-state index contributed by atoms with van der Waals surface area (Å²) in [6.07, 6.45) is 3.66. The van der Waals surface area contributed by atoms with Crippen molar-refractivity contribution in [1.29, 1.82) is 0 Å². The molecule has 4 heteroatoms. The molecule has 3 aromatic rings. The summed E-state index contributed by atoms with van der Waals surface area (Å²) in [5.74, 6) is 0. The quantitative estimate of drug-likeness (QED) is 0.611. The van der Waals surface area contributed by atoms with Crippen LogP contribution in [0.2, 0.25) is 23.7 Å². The minimum Gasteiger partial charge on any atom is -0.0871 e. The maximum absolute atomic E-state index is 6.13. The average Bonchev–Trinajstić information content (AvgIpc) is 2.69. The molecule has 0 atom stereocenters. The lowest BCUT2D eigenvalue weighted by molar-refractivity contribution is 1.47. The molecule has 1 saturated heterocycles. The Morgan fingerprint density at radius 3 is 1.15 bits per heavy atom. The fourth-order valence-electron chi connectivity index (χ4n) is 4.55. The predicted molar refractivity (Wildman–Crippen MR) is 124 cm³/mol. The second-order valence-electron chi connectivity index (χ2n) is 8.17. The highest BCUT2D eigenvalue weighted by Crippen LogP contribution is 2.21. The monoisotopic (exact) mass is 368 g/mol. The van der Waals surface area contributed by atoms with Crippen LogP contribution in [0.5, 0.6) is 0 Å². The van der Waals surface area contributed by atoms with Gasteiger partial charge in [0.2, 0.25) is 0 Å². The molecule has 3 aromatic carbocycles. The first kappa shape index (κ1) is 18.5. The highest BCUT2D eigenvalue weighted by atomic mass is 35.5. The van der Waals surface area contributed by atoms with Crippen molar-refractivity contribution < 1.29 is 0 Å². The van der Waals surface area contributed by atoms with Gasteiger partial charge in [-0.05, 0) is 26.0 Å². The van der Waals surface area contributed by atoms with E-state index >= 15 is 0 Å². The Morgan fingerprint density at radius 2 is 0.815 bits per heavy atom. The van der Waals surface area contributed by atoms with E-state index in [2.05, 4.69) is 74.5 Å². The van der Waals surface area contributed by atoms with E-state index in [0.717, 1.165) is 5.02 Å². The van der Waals surface area contributed by atoms with Gasteiger partial charge in [-0.2, -0.15) is 0 Å². The Bertz CT molecular complexity index is 760. The van der Waals surface area contributed by atoms with Crippen LogP contribution in [-0.4, -0.2) is 20.1 Å². The normalized spacial score (nSPS) is 14.6. The van der Waals surface area contributed by atoms with Crippen LogP contribution in [0.1, 0.15) is 11.1 Å².